The molecule has 2 aromatic carbocycles. The van der Waals surface area contributed by atoms with E-state index < -0.39 is 0 Å². The number of ether oxygens (including phenoxy) is 1. The maximum absolute atomic E-state index is 5.80. The summed E-state index contributed by atoms with van der Waals surface area (Å²) in [6.07, 6.45) is 0. The highest BCUT2D eigenvalue weighted by atomic mass is 32.1. The Bertz CT molecular complexity index is 570. The molecule has 0 fully saturated rings. The van der Waals surface area contributed by atoms with E-state index >= 15 is 0 Å². The van der Waals surface area contributed by atoms with Crippen molar-refractivity contribution in [1.29, 1.82) is 0 Å². The minimum Gasteiger partial charge on any atom is -0.489 e. The average molecular weight is 271 g/mol. The van der Waals surface area contributed by atoms with Crippen molar-refractivity contribution in [3.05, 3.63) is 64.7 Å². The van der Waals surface area contributed by atoms with Gasteiger partial charge in [0.1, 0.15) is 17.3 Å². The fourth-order valence-electron chi connectivity index (χ4n) is 1.95. The third-order valence-corrected chi connectivity index (χ3v) is 3.40. The lowest BCUT2D eigenvalue weighted by Gasteiger charge is -2.11. The number of thiocarbonyl (C=S) groups is 1. The number of aryl methyl sites for hydroxylation is 2. The predicted molar refractivity (Wildman–Crippen MR) is 82.6 cm³/mol. The van der Waals surface area contributed by atoms with Crippen LogP contribution < -0.4 is 10.5 Å². The lowest BCUT2D eigenvalue weighted by atomic mass is 10.0. The fraction of sp³-hybridized carbons (Fsp3) is 0.188. The molecule has 0 amide bonds. The van der Waals surface area contributed by atoms with Crippen LogP contribution in [0.4, 0.5) is 0 Å². The lowest BCUT2D eigenvalue weighted by Crippen LogP contribution is -2.08. The number of nitrogens with two attached hydrogens (primary N) is 1. The highest BCUT2D eigenvalue weighted by molar-refractivity contribution is 7.80. The molecule has 0 bridgehead atoms. The molecule has 2 nitrogen and oxygen atoms in total. The van der Waals surface area contributed by atoms with E-state index in [1.807, 2.05) is 24.3 Å². The molecule has 2 rings (SSSR count). The molecule has 19 heavy (non-hydrogen) atoms. The molecule has 2 N–H and O–H groups in total. The van der Waals surface area contributed by atoms with Crippen LogP contribution in [-0.4, -0.2) is 4.99 Å². The van der Waals surface area contributed by atoms with Crippen LogP contribution >= 0.6 is 12.2 Å². The Kier molecular flexibility index (Phi) is 4.17. The molecule has 2 aromatic rings. The van der Waals surface area contributed by atoms with Gasteiger partial charge in [0.2, 0.25) is 0 Å². The van der Waals surface area contributed by atoms with Gasteiger partial charge in [-0.2, -0.15) is 0 Å². The summed E-state index contributed by atoms with van der Waals surface area (Å²) in [5.41, 5.74) is 10.2. The van der Waals surface area contributed by atoms with Gasteiger partial charge in [-0.3, -0.25) is 0 Å². The SMILES string of the molecule is Cc1cccc(C)c1COc1ccc(C(N)=S)cc1. The molecule has 0 radical (unpaired) electrons. The van der Waals surface area contributed by atoms with Crippen molar-refractivity contribution < 1.29 is 4.74 Å². The molecular formula is C16H17NOS. The molecule has 0 spiro atoms. The molecule has 0 unspecified atom stereocenters. The minimum atomic E-state index is 0.404. The van der Waals surface area contributed by atoms with Gasteiger partial charge in [-0.15, -0.1) is 0 Å². The van der Waals surface area contributed by atoms with Crippen LogP contribution in [0.25, 0.3) is 0 Å². The smallest absolute Gasteiger partial charge is 0.119 e. The maximum Gasteiger partial charge on any atom is 0.119 e. The standard InChI is InChI=1S/C16H17NOS/c1-11-4-3-5-12(2)15(11)10-18-14-8-6-13(7-9-14)16(17)19/h3-9H,10H2,1-2H3,(H2,17,19). The zero-order valence-corrected chi connectivity index (χ0v) is 12.0. The van der Waals surface area contributed by atoms with Crippen molar-refractivity contribution in [2.24, 2.45) is 5.73 Å². The van der Waals surface area contributed by atoms with Crippen molar-refractivity contribution in [1.82, 2.24) is 0 Å². The van der Waals surface area contributed by atoms with Crippen LogP contribution in [0.2, 0.25) is 0 Å². The Balaban J connectivity index is 2.08. The minimum absolute atomic E-state index is 0.404. The Morgan fingerprint density at radius 2 is 1.63 bits per heavy atom. The summed E-state index contributed by atoms with van der Waals surface area (Å²) in [4.78, 5) is 0.404. The van der Waals surface area contributed by atoms with Crippen LogP contribution in [0.3, 0.4) is 0 Å². The van der Waals surface area contributed by atoms with Crippen molar-refractivity contribution >= 4 is 17.2 Å². The largest absolute Gasteiger partial charge is 0.489 e. The molecule has 3 heteroatoms. The summed E-state index contributed by atoms with van der Waals surface area (Å²) in [5.74, 6) is 0.822. The molecular weight excluding hydrogens is 254 g/mol. The van der Waals surface area contributed by atoms with Gasteiger partial charge in [-0.25, -0.2) is 0 Å². The number of hydrogen-bond acceptors (Lipinski definition) is 2. The van der Waals surface area contributed by atoms with Gasteiger partial charge in [-0.1, -0.05) is 30.4 Å². The van der Waals surface area contributed by atoms with E-state index in [0.29, 0.717) is 11.6 Å². The zero-order chi connectivity index (χ0) is 13.8. The maximum atomic E-state index is 5.80. The first-order valence-electron chi connectivity index (χ1n) is 6.15. The first-order valence-corrected chi connectivity index (χ1v) is 6.56. The summed E-state index contributed by atoms with van der Waals surface area (Å²) < 4.78 is 5.80. The van der Waals surface area contributed by atoms with E-state index in [4.69, 9.17) is 22.7 Å². The monoisotopic (exact) mass is 271 g/mol. The molecule has 0 saturated carbocycles. The van der Waals surface area contributed by atoms with Gasteiger partial charge in [-0.05, 0) is 54.8 Å². The molecule has 0 atom stereocenters. The number of rotatable bonds is 4. The summed E-state index contributed by atoms with van der Waals surface area (Å²) in [6.45, 7) is 4.77. The van der Waals surface area contributed by atoms with Crippen LogP contribution in [0.15, 0.2) is 42.5 Å². The second-order valence-electron chi connectivity index (χ2n) is 4.55. The van der Waals surface area contributed by atoms with E-state index in [-0.39, 0.29) is 0 Å². The van der Waals surface area contributed by atoms with E-state index in [0.717, 1.165) is 11.3 Å². The average Bonchev–Trinajstić information content (AvgIpc) is 2.38. The van der Waals surface area contributed by atoms with Gasteiger partial charge >= 0.3 is 0 Å². The summed E-state index contributed by atoms with van der Waals surface area (Å²) >= 11 is 4.92. The molecule has 0 saturated heterocycles. The highest BCUT2D eigenvalue weighted by Crippen LogP contribution is 2.18. The van der Waals surface area contributed by atoms with Crippen LogP contribution in [0, 0.1) is 13.8 Å². The normalized spacial score (nSPS) is 10.2. The second kappa shape index (κ2) is 5.85. The Morgan fingerprint density at radius 1 is 1.05 bits per heavy atom. The third-order valence-electron chi connectivity index (χ3n) is 3.17. The van der Waals surface area contributed by atoms with E-state index in [1.54, 1.807) is 0 Å². The molecule has 0 heterocycles. The van der Waals surface area contributed by atoms with Crippen molar-refractivity contribution in [2.75, 3.05) is 0 Å². The van der Waals surface area contributed by atoms with Gasteiger partial charge in [0.15, 0.2) is 0 Å². The topological polar surface area (TPSA) is 35.2 Å². The first-order chi connectivity index (χ1) is 9.08. The first kappa shape index (κ1) is 13.6. The Morgan fingerprint density at radius 3 is 2.16 bits per heavy atom. The molecule has 0 aliphatic carbocycles. The Hall–Kier alpha value is -1.87. The number of hydrogen-bond donors (Lipinski definition) is 1. The zero-order valence-electron chi connectivity index (χ0n) is 11.1. The molecule has 0 aliphatic rings. The van der Waals surface area contributed by atoms with Gasteiger partial charge in [0.25, 0.3) is 0 Å². The van der Waals surface area contributed by atoms with Crippen LogP contribution in [0.5, 0.6) is 5.75 Å². The van der Waals surface area contributed by atoms with E-state index in [2.05, 4.69) is 32.0 Å². The molecule has 98 valence electrons. The van der Waals surface area contributed by atoms with Gasteiger partial charge < -0.3 is 10.5 Å². The Labute approximate surface area is 119 Å². The van der Waals surface area contributed by atoms with Gasteiger partial charge in [0, 0.05) is 5.56 Å². The summed E-state index contributed by atoms with van der Waals surface area (Å²) in [7, 11) is 0. The fourth-order valence-corrected chi connectivity index (χ4v) is 2.08. The summed E-state index contributed by atoms with van der Waals surface area (Å²) in [5, 5.41) is 0. The predicted octanol–water partition coefficient (Wildman–Crippen LogP) is 3.52. The third kappa shape index (κ3) is 3.32. The summed E-state index contributed by atoms with van der Waals surface area (Å²) in [6, 6.07) is 13.8. The van der Waals surface area contributed by atoms with Crippen molar-refractivity contribution in [2.45, 2.75) is 20.5 Å². The molecule has 0 aromatic heterocycles. The molecule has 0 aliphatic heterocycles. The van der Waals surface area contributed by atoms with E-state index in [1.165, 1.54) is 16.7 Å². The van der Waals surface area contributed by atoms with Crippen LogP contribution in [0.1, 0.15) is 22.3 Å². The number of benzene rings is 2. The quantitative estimate of drug-likeness (QED) is 0.864. The lowest BCUT2D eigenvalue weighted by molar-refractivity contribution is 0.304. The van der Waals surface area contributed by atoms with Crippen molar-refractivity contribution in [3.63, 3.8) is 0 Å². The highest BCUT2D eigenvalue weighted by Gasteiger charge is 2.03. The second-order valence-corrected chi connectivity index (χ2v) is 4.99. The van der Waals surface area contributed by atoms with Crippen molar-refractivity contribution in [3.8, 4) is 5.75 Å². The van der Waals surface area contributed by atoms with E-state index in [9.17, 15) is 0 Å². The van der Waals surface area contributed by atoms with Gasteiger partial charge in [0.05, 0.1) is 0 Å². The van der Waals surface area contributed by atoms with Crippen LogP contribution in [-0.2, 0) is 6.61 Å².